The Morgan fingerprint density at radius 1 is 1.35 bits per heavy atom. The predicted octanol–water partition coefficient (Wildman–Crippen LogP) is 3.58. The first-order chi connectivity index (χ1) is 11.2. The smallest absolute Gasteiger partial charge is 0.374 e. The number of aryl methyl sites for hydroxylation is 1. The number of carbonyl (C=O) groups excluding carboxylic acids is 1. The van der Waals surface area contributed by atoms with Crippen LogP contribution in [0.1, 0.15) is 47.0 Å². The average molecular weight is 312 g/mol. The van der Waals surface area contributed by atoms with Crippen LogP contribution in [0.5, 0.6) is 0 Å². The fourth-order valence-corrected chi connectivity index (χ4v) is 3.27. The van der Waals surface area contributed by atoms with Crippen LogP contribution >= 0.6 is 0 Å². The van der Waals surface area contributed by atoms with E-state index in [0.29, 0.717) is 17.4 Å². The molecule has 1 aliphatic rings. The Hall–Kier alpha value is -2.36. The molecule has 4 heteroatoms. The second-order valence-corrected chi connectivity index (χ2v) is 5.76. The number of carbonyl (C=O) groups is 1. The molecule has 0 spiro atoms. The highest BCUT2D eigenvalue weighted by atomic mass is 16.5. The zero-order valence-corrected chi connectivity index (χ0v) is 13.3. The highest BCUT2D eigenvalue weighted by Crippen LogP contribution is 2.31. The van der Waals surface area contributed by atoms with Gasteiger partial charge in [-0.15, -0.1) is 6.58 Å². The van der Waals surface area contributed by atoms with Crippen LogP contribution in [0, 0.1) is 0 Å². The van der Waals surface area contributed by atoms with Gasteiger partial charge in [-0.2, -0.15) is 0 Å². The lowest BCUT2D eigenvalue weighted by Gasteiger charge is -2.20. The fraction of sp³-hybridized carbons (Fsp3) is 0.368. The highest BCUT2D eigenvalue weighted by Gasteiger charge is 2.21. The van der Waals surface area contributed by atoms with Gasteiger partial charge in [0.05, 0.1) is 12.0 Å². The highest BCUT2D eigenvalue weighted by molar-refractivity contribution is 5.90. The van der Waals surface area contributed by atoms with Crippen molar-refractivity contribution in [2.75, 3.05) is 6.61 Å². The summed E-state index contributed by atoms with van der Waals surface area (Å²) in [5, 5.41) is 0.538. The second kappa shape index (κ2) is 6.41. The molecule has 0 N–H and O–H groups in total. The summed E-state index contributed by atoms with van der Waals surface area (Å²) >= 11 is 0. The standard InChI is InChI=1S/C19H20O4/c1-3-7-14-13-9-6-5-8-12(13)10-15-16(20)11-17(23-18(14)15)19(21)22-4-2/h3,10-11H,1,4-9H2,2H3. The zero-order chi connectivity index (χ0) is 16.4. The molecule has 0 radical (unpaired) electrons. The molecule has 1 aliphatic carbocycles. The molecule has 1 aromatic carbocycles. The van der Waals surface area contributed by atoms with Gasteiger partial charge in [0.15, 0.2) is 5.43 Å². The maximum Gasteiger partial charge on any atom is 0.374 e. The molecule has 23 heavy (non-hydrogen) atoms. The van der Waals surface area contributed by atoms with E-state index >= 15 is 0 Å². The largest absolute Gasteiger partial charge is 0.460 e. The zero-order valence-electron chi connectivity index (χ0n) is 13.3. The molecular weight excluding hydrogens is 292 g/mol. The number of esters is 1. The van der Waals surface area contributed by atoms with Gasteiger partial charge in [0.2, 0.25) is 5.76 Å². The molecular formula is C19H20O4. The van der Waals surface area contributed by atoms with E-state index in [4.69, 9.17) is 9.15 Å². The molecule has 0 bridgehead atoms. The normalized spacial score (nSPS) is 13.6. The van der Waals surface area contributed by atoms with E-state index in [1.165, 1.54) is 17.2 Å². The van der Waals surface area contributed by atoms with Crippen molar-refractivity contribution in [3.63, 3.8) is 0 Å². The molecule has 0 atom stereocenters. The maximum absolute atomic E-state index is 12.5. The summed E-state index contributed by atoms with van der Waals surface area (Å²) in [6.07, 6.45) is 6.65. The Kier molecular flexibility index (Phi) is 4.33. The summed E-state index contributed by atoms with van der Waals surface area (Å²) in [7, 11) is 0. The van der Waals surface area contributed by atoms with Gasteiger partial charge >= 0.3 is 5.97 Å². The monoisotopic (exact) mass is 312 g/mol. The second-order valence-electron chi connectivity index (χ2n) is 5.76. The lowest BCUT2D eigenvalue weighted by atomic mass is 9.85. The minimum absolute atomic E-state index is 0.0366. The molecule has 0 unspecified atom stereocenters. The SMILES string of the molecule is C=CCc1c2c(cc3c(=O)cc(C(=O)OCC)oc13)CCCC2. The number of ether oxygens (including phenoxy) is 1. The molecule has 1 aromatic heterocycles. The van der Waals surface area contributed by atoms with Crippen molar-refractivity contribution >= 4 is 16.9 Å². The van der Waals surface area contributed by atoms with E-state index in [9.17, 15) is 9.59 Å². The number of fused-ring (bicyclic) bond motifs is 2. The van der Waals surface area contributed by atoms with E-state index in [2.05, 4.69) is 6.58 Å². The van der Waals surface area contributed by atoms with Crippen molar-refractivity contribution < 1.29 is 13.9 Å². The van der Waals surface area contributed by atoms with Crippen LogP contribution < -0.4 is 5.43 Å². The van der Waals surface area contributed by atoms with Crippen LogP contribution in [-0.4, -0.2) is 12.6 Å². The molecule has 0 aliphatic heterocycles. The van der Waals surface area contributed by atoms with Crippen molar-refractivity contribution in [3.8, 4) is 0 Å². The number of allylic oxidation sites excluding steroid dienone is 1. The first kappa shape index (κ1) is 15.5. The van der Waals surface area contributed by atoms with Gasteiger partial charge in [-0.3, -0.25) is 4.79 Å². The van der Waals surface area contributed by atoms with Crippen molar-refractivity contribution in [2.24, 2.45) is 0 Å². The van der Waals surface area contributed by atoms with Gasteiger partial charge in [0.25, 0.3) is 0 Å². The van der Waals surface area contributed by atoms with E-state index in [0.717, 1.165) is 31.2 Å². The molecule has 0 fully saturated rings. The molecule has 120 valence electrons. The third kappa shape index (κ3) is 2.81. The molecule has 3 rings (SSSR count). The van der Waals surface area contributed by atoms with Crippen LogP contribution in [0.25, 0.3) is 11.0 Å². The predicted molar refractivity (Wildman–Crippen MR) is 89.0 cm³/mol. The Bertz CT molecular complexity index is 829. The first-order valence-corrected chi connectivity index (χ1v) is 8.05. The van der Waals surface area contributed by atoms with Gasteiger partial charge in [0, 0.05) is 11.6 Å². The van der Waals surface area contributed by atoms with E-state index in [-0.39, 0.29) is 17.8 Å². The van der Waals surface area contributed by atoms with Gasteiger partial charge in [-0.25, -0.2) is 4.79 Å². The van der Waals surface area contributed by atoms with Crippen molar-refractivity contribution in [1.82, 2.24) is 0 Å². The van der Waals surface area contributed by atoms with Crippen LogP contribution in [0.2, 0.25) is 0 Å². The lowest BCUT2D eigenvalue weighted by molar-refractivity contribution is 0.0490. The van der Waals surface area contributed by atoms with Gasteiger partial charge in [-0.05, 0) is 56.2 Å². The van der Waals surface area contributed by atoms with Crippen molar-refractivity contribution in [3.05, 3.63) is 57.5 Å². The minimum Gasteiger partial charge on any atom is -0.460 e. The quantitative estimate of drug-likeness (QED) is 0.639. The van der Waals surface area contributed by atoms with E-state index < -0.39 is 5.97 Å². The molecule has 1 heterocycles. The maximum atomic E-state index is 12.5. The number of hydrogen-bond acceptors (Lipinski definition) is 4. The Morgan fingerprint density at radius 3 is 2.87 bits per heavy atom. The summed E-state index contributed by atoms with van der Waals surface area (Å²) in [5.41, 5.74) is 3.74. The molecule has 2 aromatic rings. The number of benzene rings is 1. The van der Waals surface area contributed by atoms with Gasteiger partial charge < -0.3 is 9.15 Å². The molecule has 0 amide bonds. The molecule has 0 saturated carbocycles. The third-order valence-electron chi connectivity index (χ3n) is 4.28. The van der Waals surface area contributed by atoms with Gasteiger partial charge in [-0.1, -0.05) is 6.08 Å². The molecule has 4 nitrogen and oxygen atoms in total. The fourth-order valence-electron chi connectivity index (χ4n) is 3.27. The van der Waals surface area contributed by atoms with E-state index in [1.807, 2.05) is 6.07 Å². The van der Waals surface area contributed by atoms with Crippen LogP contribution in [0.4, 0.5) is 0 Å². The van der Waals surface area contributed by atoms with Crippen LogP contribution in [0.15, 0.2) is 34.0 Å². The minimum atomic E-state index is -0.603. The van der Waals surface area contributed by atoms with Gasteiger partial charge in [0.1, 0.15) is 5.58 Å². The van der Waals surface area contributed by atoms with Crippen molar-refractivity contribution in [2.45, 2.75) is 39.0 Å². The summed E-state index contributed by atoms with van der Waals surface area (Å²) in [4.78, 5) is 24.4. The number of rotatable bonds is 4. The number of hydrogen-bond donors (Lipinski definition) is 0. The summed E-state index contributed by atoms with van der Waals surface area (Å²) in [5.74, 6) is -0.640. The first-order valence-electron chi connectivity index (χ1n) is 8.05. The van der Waals surface area contributed by atoms with Crippen molar-refractivity contribution in [1.29, 1.82) is 0 Å². The lowest BCUT2D eigenvalue weighted by Crippen LogP contribution is -2.13. The summed E-state index contributed by atoms with van der Waals surface area (Å²) in [6.45, 7) is 5.77. The Morgan fingerprint density at radius 2 is 2.13 bits per heavy atom. The third-order valence-corrected chi connectivity index (χ3v) is 4.28. The molecule has 0 saturated heterocycles. The topological polar surface area (TPSA) is 56.5 Å². The Balaban J connectivity index is 2.29. The van der Waals surface area contributed by atoms with Crippen LogP contribution in [0.3, 0.4) is 0 Å². The van der Waals surface area contributed by atoms with E-state index in [1.54, 1.807) is 13.0 Å². The average Bonchev–Trinajstić information content (AvgIpc) is 2.55. The van der Waals surface area contributed by atoms with Crippen LogP contribution in [-0.2, 0) is 24.0 Å². The summed E-state index contributed by atoms with van der Waals surface area (Å²) < 4.78 is 10.7. The summed E-state index contributed by atoms with van der Waals surface area (Å²) in [6, 6.07) is 3.16. The Labute approximate surface area is 134 Å².